The fourth-order valence-corrected chi connectivity index (χ4v) is 2.05. The maximum Gasteiger partial charge on any atom is 0.172 e. The molecule has 0 bridgehead atoms. The zero-order valence-electron chi connectivity index (χ0n) is 9.61. The van der Waals surface area contributed by atoms with Crippen LogP contribution in [0, 0.1) is 5.92 Å². The van der Waals surface area contributed by atoms with Gasteiger partial charge >= 0.3 is 0 Å². The second-order valence-electron chi connectivity index (χ2n) is 4.33. The molecule has 4 nitrogen and oxygen atoms in total. The van der Waals surface area contributed by atoms with Gasteiger partial charge in [-0.05, 0) is 38.8 Å². The fraction of sp³-hybridized carbons (Fsp3) is 0.909. The Kier molecular flexibility index (Phi) is 5.22. The Labute approximate surface area is 91.2 Å². The Hall–Kier alpha value is -0.450. The van der Waals surface area contributed by atoms with E-state index in [2.05, 4.69) is 4.90 Å². The zero-order chi connectivity index (χ0) is 11.3. The van der Waals surface area contributed by atoms with Gasteiger partial charge in [0.1, 0.15) is 6.61 Å². The predicted octanol–water partition coefficient (Wildman–Crippen LogP) is 0.295. The van der Waals surface area contributed by atoms with Crippen molar-refractivity contribution in [1.82, 2.24) is 4.90 Å². The van der Waals surface area contributed by atoms with Gasteiger partial charge in [-0.25, -0.2) is 0 Å². The molecule has 1 unspecified atom stereocenters. The van der Waals surface area contributed by atoms with Gasteiger partial charge in [0.15, 0.2) is 5.78 Å². The first-order valence-electron chi connectivity index (χ1n) is 5.54. The van der Waals surface area contributed by atoms with Gasteiger partial charge in [0.2, 0.25) is 0 Å². The Balaban J connectivity index is 2.22. The van der Waals surface area contributed by atoms with Crippen molar-refractivity contribution in [1.29, 1.82) is 0 Å². The number of likely N-dealkylation sites (tertiary alicyclic amines) is 1. The summed E-state index contributed by atoms with van der Waals surface area (Å²) in [6.45, 7) is 4.35. The van der Waals surface area contributed by atoms with Crippen LogP contribution in [0.4, 0.5) is 0 Å². The molecular formula is C11H21NO3. The van der Waals surface area contributed by atoms with E-state index in [1.807, 2.05) is 6.92 Å². The SMILES string of the molecule is COCC(=O)CN1CCC(C(C)O)CC1. The van der Waals surface area contributed by atoms with E-state index < -0.39 is 0 Å². The topological polar surface area (TPSA) is 49.8 Å². The molecule has 1 N–H and O–H groups in total. The van der Waals surface area contributed by atoms with Crippen LogP contribution in [-0.4, -0.2) is 55.2 Å². The van der Waals surface area contributed by atoms with Gasteiger partial charge in [-0.3, -0.25) is 9.69 Å². The Morgan fingerprint density at radius 3 is 2.60 bits per heavy atom. The molecule has 0 amide bonds. The number of hydrogen-bond acceptors (Lipinski definition) is 4. The molecule has 15 heavy (non-hydrogen) atoms. The first-order chi connectivity index (χ1) is 7.13. The van der Waals surface area contributed by atoms with Crippen LogP contribution in [0.2, 0.25) is 0 Å². The molecule has 1 heterocycles. The number of ketones is 1. The van der Waals surface area contributed by atoms with E-state index in [0.717, 1.165) is 25.9 Å². The first-order valence-corrected chi connectivity index (χ1v) is 5.54. The van der Waals surface area contributed by atoms with E-state index in [1.54, 1.807) is 0 Å². The summed E-state index contributed by atoms with van der Waals surface area (Å²) in [6.07, 6.45) is 1.75. The van der Waals surface area contributed by atoms with Crippen LogP contribution in [0.1, 0.15) is 19.8 Å². The summed E-state index contributed by atoms with van der Waals surface area (Å²) < 4.78 is 4.79. The lowest BCUT2D eigenvalue weighted by molar-refractivity contribution is -0.124. The monoisotopic (exact) mass is 215 g/mol. The molecule has 0 aliphatic carbocycles. The molecule has 1 atom stereocenters. The van der Waals surface area contributed by atoms with E-state index in [4.69, 9.17) is 4.74 Å². The number of rotatable bonds is 5. The number of Topliss-reactive ketones (excluding diaryl/α,β-unsaturated/α-hetero) is 1. The van der Waals surface area contributed by atoms with Crippen molar-refractivity contribution >= 4 is 5.78 Å². The number of hydrogen-bond donors (Lipinski definition) is 1. The van der Waals surface area contributed by atoms with Crippen LogP contribution in [-0.2, 0) is 9.53 Å². The number of carbonyl (C=O) groups excluding carboxylic acids is 1. The maximum absolute atomic E-state index is 11.3. The number of piperidine rings is 1. The van der Waals surface area contributed by atoms with Crippen LogP contribution in [0.25, 0.3) is 0 Å². The summed E-state index contributed by atoms with van der Waals surface area (Å²) in [4.78, 5) is 13.4. The largest absolute Gasteiger partial charge is 0.393 e. The summed E-state index contributed by atoms with van der Waals surface area (Å²) in [5.74, 6) is 0.534. The maximum atomic E-state index is 11.3. The van der Waals surface area contributed by atoms with Crippen molar-refractivity contribution in [3.05, 3.63) is 0 Å². The minimum Gasteiger partial charge on any atom is -0.393 e. The summed E-state index contributed by atoms with van der Waals surface area (Å²) in [7, 11) is 1.54. The van der Waals surface area contributed by atoms with E-state index in [1.165, 1.54) is 7.11 Å². The lowest BCUT2D eigenvalue weighted by Crippen LogP contribution is -2.40. The van der Waals surface area contributed by atoms with E-state index in [-0.39, 0.29) is 18.5 Å². The van der Waals surface area contributed by atoms with Crippen LogP contribution in [0.5, 0.6) is 0 Å². The molecule has 1 rings (SSSR count). The molecule has 0 spiro atoms. The van der Waals surface area contributed by atoms with Crippen LogP contribution < -0.4 is 0 Å². The summed E-state index contributed by atoms with van der Waals surface area (Å²) in [6, 6.07) is 0. The molecule has 1 fully saturated rings. The third-order valence-electron chi connectivity index (χ3n) is 3.02. The van der Waals surface area contributed by atoms with Crippen LogP contribution in [0.15, 0.2) is 0 Å². The van der Waals surface area contributed by atoms with Crippen molar-refractivity contribution in [3.8, 4) is 0 Å². The molecule has 88 valence electrons. The van der Waals surface area contributed by atoms with Gasteiger partial charge in [0, 0.05) is 7.11 Å². The molecule has 0 aromatic heterocycles. The smallest absolute Gasteiger partial charge is 0.172 e. The number of aliphatic hydroxyl groups is 1. The van der Waals surface area contributed by atoms with Crippen molar-refractivity contribution in [2.45, 2.75) is 25.9 Å². The third kappa shape index (κ3) is 4.28. The lowest BCUT2D eigenvalue weighted by Gasteiger charge is -2.32. The number of nitrogens with zero attached hydrogens (tertiary/aromatic N) is 1. The highest BCUT2D eigenvalue weighted by Gasteiger charge is 2.23. The quantitative estimate of drug-likeness (QED) is 0.716. The van der Waals surface area contributed by atoms with Crippen molar-refractivity contribution < 1.29 is 14.6 Å². The highest BCUT2D eigenvalue weighted by molar-refractivity contribution is 5.81. The van der Waals surface area contributed by atoms with E-state index in [9.17, 15) is 9.90 Å². The minimum absolute atomic E-state index is 0.132. The van der Waals surface area contributed by atoms with Gasteiger partial charge in [-0.1, -0.05) is 0 Å². The van der Waals surface area contributed by atoms with Gasteiger partial charge in [-0.15, -0.1) is 0 Å². The lowest BCUT2D eigenvalue weighted by atomic mass is 9.92. The number of methoxy groups -OCH3 is 1. The number of ether oxygens (including phenoxy) is 1. The Morgan fingerprint density at radius 2 is 2.13 bits per heavy atom. The van der Waals surface area contributed by atoms with Crippen molar-refractivity contribution in [2.24, 2.45) is 5.92 Å². The molecule has 1 saturated heterocycles. The molecule has 1 aliphatic rings. The van der Waals surface area contributed by atoms with E-state index >= 15 is 0 Å². The summed E-state index contributed by atoms with van der Waals surface area (Å²) in [5.41, 5.74) is 0. The molecular weight excluding hydrogens is 194 g/mol. The van der Waals surface area contributed by atoms with Gasteiger partial charge in [0.25, 0.3) is 0 Å². The standard InChI is InChI=1S/C11H21NO3/c1-9(13)10-3-5-12(6-4-10)7-11(14)8-15-2/h9-10,13H,3-8H2,1-2H3. The fourth-order valence-electron chi connectivity index (χ4n) is 2.05. The molecule has 0 aromatic rings. The average Bonchev–Trinajstić information content (AvgIpc) is 2.18. The summed E-state index contributed by atoms with van der Waals surface area (Å²) in [5, 5.41) is 9.42. The summed E-state index contributed by atoms with van der Waals surface area (Å²) >= 11 is 0. The second-order valence-corrected chi connectivity index (χ2v) is 4.33. The molecule has 0 saturated carbocycles. The average molecular weight is 215 g/mol. The predicted molar refractivity (Wildman–Crippen MR) is 57.7 cm³/mol. The highest BCUT2D eigenvalue weighted by atomic mass is 16.5. The zero-order valence-corrected chi connectivity index (χ0v) is 9.61. The Morgan fingerprint density at radius 1 is 1.53 bits per heavy atom. The van der Waals surface area contributed by atoms with Gasteiger partial charge < -0.3 is 9.84 Å². The van der Waals surface area contributed by atoms with Crippen LogP contribution in [0.3, 0.4) is 0 Å². The highest BCUT2D eigenvalue weighted by Crippen LogP contribution is 2.20. The molecule has 4 heteroatoms. The molecule has 0 aromatic carbocycles. The second kappa shape index (κ2) is 6.20. The number of aliphatic hydroxyl groups excluding tert-OH is 1. The number of carbonyl (C=O) groups is 1. The first kappa shape index (κ1) is 12.6. The molecule has 0 radical (unpaired) electrons. The van der Waals surface area contributed by atoms with Crippen molar-refractivity contribution in [2.75, 3.05) is 33.4 Å². The van der Waals surface area contributed by atoms with Gasteiger partial charge in [-0.2, -0.15) is 0 Å². The van der Waals surface area contributed by atoms with Crippen LogP contribution >= 0.6 is 0 Å². The van der Waals surface area contributed by atoms with Gasteiger partial charge in [0.05, 0.1) is 12.6 Å². The van der Waals surface area contributed by atoms with E-state index in [0.29, 0.717) is 12.5 Å². The third-order valence-corrected chi connectivity index (χ3v) is 3.02. The Bertz CT molecular complexity index is 198. The normalized spacial score (nSPS) is 21.5. The van der Waals surface area contributed by atoms with Crippen molar-refractivity contribution in [3.63, 3.8) is 0 Å². The minimum atomic E-state index is -0.221. The molecule has 1 aliphatic heterocycles.